The molecule has 1 nitrogen and oxygen atoms in total. The van der Waals surface area contributed by atoms with Gasteiger partial charge in [-0.3, -0.25) is 0 Å². The number of rotatable bonds is 4. The lowest BCUT2D eigenvalue weighted by molar-refractivity contribution is 0.661. The summed E-state index contributed by atoms with van der Waals surface area (Å²) >= 11 is 3.84. The highest BCUT2D eigenvalue weighted by atomic mass is 32.1. The van der Waals surface area contributed by atoms with E-state index in [0.29, 0.717) is 0 Å². The highest BCUT2D eigenvalue weighted by Crippen LogP contribution is 2.56. The summed E-state index contributed by atoms with van der Waals surface area (Å²) in [5.74, 6) is 0. The zero-order valence-corrected chi connectivity index (χ0v) is 32.6. The Morgan fingerprint density at radius 1 is 0.393 bits per heavy atom. The van der Waals surface area contributed by atoms with Gasteiger partial charge in [0.1, 0.15) is 0 Å². The van der Waals surface area contributed by atoms with Crippen molar-refractivity contribution in [3.8, 4) is 22.3 Å². The second-order valence-corrected chi connectivity index (χ2v) is 17.7. The van der Waals surface area contributed by atoms with Gasteiger partial charge in [-0.05, 0) is 79.2 Å². The zero-order valence-electron chi connectivity index (χ0n) is 31.0. The SMILES string of the molecule is CC1(C)c2ccccc2-c2cccc(N(c3cccc(-c4cccc5c4sc4c6ccccc6ccc54)c3)c3cccc4c3sc3c5ccccc5ccc43)c21. The Balaban J connectivity index is 1.13. The quantitative estimate of drug-likeness (QED) is 0.173. The van der Waals surface area contributed by atoms with Gasteiger partial charge < -0.3 is 4.90 Å². The number of fused-ring (bicyclic) bond motifs is 13. The molecule has 0 unspecified atom stereocenters. The van der Waals surface area contributed by atoms with E-state index in [-0.39, 0.29) is 5.41 Å². The van der Waals surface area contributed by atoms with Crippen molar-refractivity contribution < 1.29 is 0 Å². The third-order valence-electron chi connectivity index (χ3n) is 12.2. The van der Waals surface area contributed by atoms with Crippen LogP contribution in [0.2, 0.25) is 0 Å². The van der Waals surface area contributed by atoms with Crippen LogP contribution in [0.15, 0.2) is 176 Å². The second-order valence-electron chi connectivity index (χ2n) is 15.6. The Labute approximate surface area is 333 Å². The van der Waals surface area contributed by atoms with Crippen molar-refractivity contribution in [3.05, 3.63) is 187 Å². The van der Waals surface area contributed by atoms with Crippen LogP contribution in [0.1, 0.15) is 25.0 Å². The average Bonchev–Trinajstić information content (AvgIpc) is 3.90. The predicted molar refractivity (Wildman–Crippen MR) is 245 cm³/mol. The van der Waals surface area contributed by atoms with E-state index in [0.717, 1.165) is 5.69 Å². The summed E-state index contributed by atoms with van der Waals surface area (Å²) in [6.07, 6.45) is 0. The van der Waals surface area contributed by atoms with E-state index < -0.39 is 0 Å². The molecule has 2 aromatic heterocycles. The smallest absolute Gasteiger partial charge is 0.0640 e. The van der Waals surface area contributed by atoms with Crippen LogP contribution in [-0.2, 0) is 5.41 Å². The fourth-order valence-electron chi connectivity index (χ4n) is 9.67. The molecule has 0 N–H and O–H groups in total. The van der Waals surface area contributed by atoms with Crippen molar-refractivity contribution in [1.29, 1.82) is 0 Å². The van der Waals surface area contributed by atoms with E-state index in [4.69, 9.17) is 0 Å². The van der Waals surface area contributed by atoms with Crippen molar-refractivity contribution in [1.82, 2.24) is 0 Å². The molecule has 0 fully saturated rings. The first-order valence-electron chi connectivity index (χ1n) is 19.3. The Morgan fingerprint density at radius 3 is 1.70 bits per heavy atom. The van der Waals surface area contributed by atoms with Crippen LogP contribution in [0.5, 0.6) is 0 Å². The molecule has 3 heteroatoms. The first-order chi connectivity index (χ1) is 27.5. The maximum absolute atomic E-state index is 2.56. The first-order valence-corrected chi connectivity index (χ1v) is 21.0. The van der Waals surface area contributed by atoms with E-state index in [9.17, 15) is 0 Å². The number of thiophene rings is 2. The molecule has 0 radical (unpaired) electrons. The third-order valence-corrected chi connectivity index (χ3v) is 14.8. The monoisotopic (exact) mass is 749 g/mol. The van der Waals surface area contributed by atoms with Crippen LogP contribution in [-0.4, -0.2) is 0 Å². The minimum atomic E-state index is -0.186. The summed E-state index contributed by atoms with van der Waals surface area (Å²) in [5.41, 5.74) is 11.3. The van der Waals surface area contributed by atoms with Crippen LogP contribution in [0.3, 0.4) is 0 Å². The molecule has 0 amide bonds. The third kappa shape index (κ3) is 4.47. The summed E-state index contributed by atoms with van der Waals surface area (Å²) in [4.78, 5) is 2.56. The van der Waals surface area contributed by atoms with Gasteiger partial charge in [0.05, 0.1) is 16.1 Å². The molecular weight excluding hydrogens is 715 g/mol. The molecule has 56 heavy (non-hydrogen) atoms. The van der Waals surface area contributed by atoms with E-state index in [1.165, 1.54) is 107 Å². The molecule has 9 aromatic carbocycles. The Bertz CT molecular complexity index is 3420. The summed E-state index contributed by atoms with van der Waals surface area (Å²) in [7, 11) is 0. The number of anilines is 3. The Kier molecular flexibility index (Phi) is 6.79. The number of benzene rings is 9. The zero-order chi connectivity index (χ0) is 37.1. The molecule has 2 heterocycles. The van der Waals surface area contributed by atoms with Gasteiger partial charge in [-0.15, -0.1) is 22.7 Å². The van der Waals surface area contributed by atoms with Crippen LogP contribution < -0.4 is 4.90 Å². The topological polar surface area (TPSA) is 3.24 Å². The number of nitrogens with zero attached hydrogens (tertiary/aromatic N) is 1. The van der Waals surface area contributed by atoms with Crippen molar-refractivity contribution in [2.24, 2.45) is 0 Å². The van der Waals surface area contributed by atoms with E-state index in [1.54, 1.807) is 0 Å². The molecule has 1 aliphatic carbocycles. The standard InChI is InChI=1S/C53H35NS2/c1-53(2)45-24-8-7-19-39(45)40-21-11-25-46(48(40)53)54(47-26-12-23-42-44-30-28-33-14-4-6-18-37(33)50(44)56-52(42)47)35-16-9-15-34(31-35)38-20-10-22-41-43-29-27-32-13-3-5-17-36(32)49(43)55-51(38)41/h3-31H,1-2H3. The van der Waals surface area contributed by atoms with Gasteiger partial charge in [0.2, 0.25) is 0 Å². The predicted octanol–water partition coefficient (Wildman–Crippen LogP) is 16.2. The molecular formula is C53H35NS2. The Morgan fingerprint density at radius 2 is 0.929 bits per heavy atom. The van der Waals surface area contributed by atoms with Crippen LogP contribution >= 0.6 is 22.7 Å². The van der Waals surface area contributed by atoms with Crippen LogP contribution in [0.4, 0.5) is 17.1 Å². The van der Waals surface area contributed by atoms with Gasteiger partial charge in [-0.1, -0.05) is 166 Å². The van der Waals surface area contributed by atoms with Gasteiger partial charge >= 0.3 is 0 Å². The second kappa shape index (κ2) is 11.9. The van der Waals surface area contributed by atoms with Gasteiger partial charge in [-0.2, -0.15) is 0 Å². The van der Waals surface area contributed by atoms with Crippen molar-refractivity contribution >= 4 is 102 Å². The molecule has 1 aliphatic rings. The maximum Gasteiger partial charge on any atom is 0.0640 e. The summed E-state index contributed by atoms with van der Waals surface area (Å²) in [6.45, 7) is 4.79. The molecule has 12 rings (SSSR count). The summed E-state index contributed by atoms with van der Waals surface area (Å²) < 4.78 is 5.33. The normalized spacial score (nSPS) is 13.3. The van der Waals surface area contributed by atoms with Gasteiger partial charge in [0.15, 0.2) is 0 Å². The molecule has 0 aliphatic heterocycles. The van der Waals surface area contributed by atoms with Crippen molar-refractivity contribution in [2.75, 3.05) is 4.90 Å². The molecule has 0 bridgehead atoms. The molecule has 0 spiro atoms. The lowest BCUT2D eigenvalue weighted by Crippen LogP contribution is -2.20. The summed E-state index contributed by atoms with van der Waals surface area (Å²) in [6, 6.07) is 65.6. The Hall–Kier alpha value is -6.26. The van der Waals surface area contributed by atoms with Crippen molar-refractivity contribution in [3.63, 3.8) is 0 Å². The lowest BCUT2D eigenvalue weighted by Gasteiger charge is -2.32. The van der Waals surface area contributed by atoms with E-state index in [2.05, 4.69) is 195 Å². The van der Waals surface area contributed by atoms with Gasteiger partial charge in [0.25, 0.3) is 0 Å². The largest absolute Gasteiger partial charge is 0.309 e. The molecule has 0 saturated heterocycles. The maximum atomic E-state index is 2.56. The van der Waals surface area contributed by atoms with E-state index >= 15 is 0 Å². The number of hydrogen-bond acceptors (Lipinski definition) is 3. The highest BCUT2D eigenvalue weighted by molar-refractivity contribution is 7.27. The van der Waals surface area contributed by atoms with Crippen LogP contribution in [0, 0.1) is 0 Å². The van der Waals surface area contributed by atoms with Gasteiger partial charge in [0, 0.05) is 46.7 Å². The van der Waals surface area contributed by atoms with Crippen LogP contribution in [0.25, 0.3) is 84.1 Å². The lowest BCUT2D eigenvalue weighted by atomic mass is 9.81. The molecule has 0 atom stereocenters. The average molecular weight is 750 g/mol. The minimum absolute atomic E-state index is 0.186. The highest BCUT2D eigenvalue weighted by Gasteiger charge is 2.39. The van der Waals surface area contributed by atoms with E-state index in [1.807, 2.05) is 22.7 Å². The molecule has 11 aromatic rings. The molecule has 264 valence electrons. The fourth-order valence-corrected chi connectivity index (χ4v) is 12.4. The fraction of sp³-hybridized carbons (Fsp3) is 0.0566. The van der Waals surface area contributed by atoms with Gasteiger partial charge in [-0.25, -0.2) is 0 Å². The molecule has 0 saturated carbocycles. The first kappa shape index (κ1) is 32.0. The minimum Gasteiger partial charge on any atom is -0.309 e. The summed E-state index contributed by atoms with van der Waals surface area (Å²) in [5, 5.41) is 10.5. The number of hydrogen-bond donors (Lipinski definition) is 0. The van der Waals surface area contributed by atoms with Crippen molar-refractivity contribution in [2.45, 2.75) is 19.3 Å².